The highest BCUT2D eigenvalue weighted by Gasteiger charge is 2.07. The largest absolute Gasteiger partial charge is 0.313 e. The zero-order valence-corrected chi connectivity index (χ0v) is 10.0. The lowest BCUT2D eigenvalue weighted by Crippen LogP contribution is -2.15. The molecule has 0 radical (unpaired) electrons. The molecule has 84 valence electrons. The quantitative estimate of drug-likeness (QED) is 0.812. The lowest BCUT2D eigenvalue weighted by molar-refractivity contribution is 0.542. The monoisotopic (exact) mass is 213 g/mol. The van der Waals surface area contributed by atoms with Gasteiger partial charge in [0.25, 0.3) is 0 Å². The molecule has 16 heavy (non-hydrogen) atoms. The van der Waals surface area contributed by atoms with E-state index in [2.05, 4.69) is 54.7 Å². The van der Waals surface area contributed by atoms with Crippen LogP contribution in [0.3, 0.4) is 0 Å². The Kier molecular flexibility index (Phi) is 3.58. The zero-order chi connectivity index (χ0) is 11.4. The average molecular weight is 213 g/mol. The first kappa shape index (κ1) is 11.2. The van der Waals surface area contributed by atoms with Crippen LogP contribution >= 0.6 is 0 Å². The molecule has 1 atom stereocenters. The topological polar surface area (TPSA) is 12.0 Å². The molecular formula is C15H19N. The van der Waals surface area contributed by atoms with Gasteiger partial charge in [-0.2, -0.15) is 0 Å². The Bertz CT molecular complexity index is 462. The summed E-state index contributed by atoms with van der Waals surface area (Å²) in [4.78, 5) is 0. The molecule has 1 heteroatoms. The van der Waals surface area contributed by atoms with Crippen molar-refractivity contribution in [2.45, 2.75) is 25.8 Å². The Morgan fingerprint density at radius 1 is 1.06 bits per heavy atom. The van der Waals surface area contributed by atoms with Crippen molar-refractivity contribution in [1.82, 2.24) is 5.32 Å². The van der Waals surface area contributed by atoms with Gasteiger partial charge in [0, 0.05) is 6.04 Å². The van der Waals surface area contributed by atoms with Crippen molar-refractivity contribution >= 4 is 10.8 Å². The molecule has 0 saturated heterocycles. The average Bonchev–Trinajstić information content (AvgIpc) is 2.35. The molecule has 0 aliphatic rings. The lowest BCUT2D eigenvalue weighted by Gasteiger charge is -2.16. The summed E-state index contributed by atoms with van der Waals surface area (Å²) in [6.07, 6.45) is 2.40. The summed E-state index contributed by atoms with van der Waals surface area (Å²) in [6, 6.07) is 15.7. The Morgan fingerprint density at radius 2 is 1.81 bits per heavy atom. The van der Waals surface area contributed by atoms with Gasteiger partial charge in [-0.1, -0.05) is 49.7 Å². The van der Waals surface area contributed by atoms with Crippen molar-refractivity contribution in [3.63, 3.8) is 0 Å². The van der Waals surface area contributed by atoms with E-state index in [0.29, 0.717) is 6.04 Å². The van der Waals surface area contributed by atoms with Crippen LogP contribution in [0.25, 0.3) is 10.8 Å². The van der Waals surface area contributed by atoms with Gasteiger partial charge >= 0.3 is 0 Å². The number of hydrogen-bond donors (Lipinski definition) is 1. The minimum absolute atomic E-state index is 0.481. The molecule has 2 aromatic rings. The van der Waals surface area contributed by atoms with Gasteiger partial charge in [0.2, 0.25) is 0 Å². The van der Waals surface area contributed by atoms with Crippen molar-refractivity contribution in [3.05, 3.63) is 48.0 Å². The van der Waals surface area contributed by atoms with Gasteiger partial charge in [-0.25, -0.2) is 0 Å². The van der Waals surface area contributed by atoms with Crippen LogP contribution in [-0.2, 0) is 0 Å². The molecule has 0 aromatic heterocycles. The Hall–Kier alpha value is -1.34. The molecule has 1 nitrogen and oxygen atoms in total. The molecule has 1 unspecified atom stereocenters. The van der Waals surface area contributed by atoms with E-state index in [0.717, 1.165) is 0 Å². The normalized spacial score (nSPS) is 12.9. The van der Waals surface area contributed by atoms with Gasteiger partial charge < -0.3 is 5.32 Å². The van der Waals surface area contributed by atoms with E-state index in [1.165, 1.54) is 29.2 Å². The first-order valence-corrected chi connectivity index (χ1v) is 6.01. The third-order valence-electron chi connectivity index (χ3n) is 3.10. The summed E-state index contributed by atoms with van der Waals surface area (Å²) in [5.41, 5.74) is 1.39. The maximum atomic E-state index is 3.38. The Balaban J connectivity index is 2.37. The van der Waals surface area contributed by atoms with Crippen LogP contribution in [0, 0.1) is 0 Å². The standard InChI is InChI=1S/C15H19N/c1-3-6-15(16-2)14-10-9-12-7-4-5-8-13(12)11-14/h4-5,7-11,15-16H,3,6H2,1-2H3. The van der Waals surface area contributed by atoms with Crippen LogP contribution < -0.4 is 5.32 Å². The molecule has 0 saturated carbocycles. The summed E-state index contributed by atoms with van der Waals surface area (Å²) >= 11 is 0. The van der Waals surface area contributed by atoms with Gasteiger partial charge in [0.15, 0.2) is 0 Å². The SMILES string of the molecule is CCCC(NC)c1ccc2ccccc2c1. The molecule has 0 heterocycles. The molecule has 2 rings (SSSR count). The third kappa shape index (κ3) is 2.25. The van der Waals surface area contributed by atoms with Crippen molar-refractivity contribution in [3.8, 4) is 0 Å². The highest BCUT2D eigenvalue weighted by molar-refractivity contribution is 5.83. The Labute approximate surface area is 97.5 Å². The summed E-state index contributed by atoms with van der Waals surface area (Å²) in [5.74, 6) is 0. The summed E-state index contributed by atoms with van der Waals surface area (Å²) < 4.78 is 0. The van der Waals surface area contributed by atoms with Crippen LogP contribution in [0.1, 0.15) is 31.4 Å². The number of nitrogens with one attached hydrogen (secondary N) is 1. The Morgan fingerprint density at radius 3 is 2.50 bits per heavy atom. The summed E-state index contributed by atoms with van der Waals surface area (Å²) in [6.45, 7) is 2.23. The number of fused-ring (bicyclic) bond motifs is 1. The van der Waals surface area contributed by atoms with Gasteiger partial charge in [0.1, 0.15) is 0 Å². The first-order chi connectivity index (χ1) is 7.85. The van der Waals surface area contributed by atoms with E-state index in [9.17, 15) is 0 Å². The van der Waals surface area contributed by atoms with Crippen molar-refractivity contribution in [2.24, 2.45) is 0 Å². The number of benzene rings is 2. The fourth-order valence-electron chi connectivity index (χ4n) is 2.19. The van der Waals surface area contributed by atoms with Crippen LogP contribution in [0.15, 0.2) is 42.5 Å². The minimum Gasteiger partial charge on any atom is -0.313 e. The van der Waals surface area contributed by atoms with Crippen LogP contribution in [0.5, 0.6) is 0 Å². The fraction of sp³-hybridized carbons (Fsp3) is 0.333. The van der Waals surface area contributed by atoms with Crippen LogP contribution in [0.4, 0.5) is 0 Å². The van der Waals surface area contributed by atoms with Gasteiger partial charge in [-0.05, 0) is 35.9 Å². The highest BCUT2D eigenvalue weighted by atomic mass is 14.9. The third-order valence-corrected chi connectivity index (χ3v) is 3.10. The van der Waals surface area contributed by atoms with E-state index < -0.39 is 0 Å². The van der Waals surface area contributed by atoms with E-state index in [-0.39, 0.29) is 0 Å². The van der Waals surface area contributed by atoms with E-state index >= 15 is 0 Å². The first-order valence-electron chi connectivity index (χ1n) is 6.01. The summed E-state index contributed by atoms with van der Waals surface area (Å²) in [5, 5.41) is 6.03. The second-order valence-electron chi connectivity index (χ2n) is 4.24. The lowest BCUT2D eigenvalue weighted by atomic mass is 9.99. The minimum atomic E-state index is 0.481. The smallest absolute Gasteiger partial charge is 0.0317 e. The molecule has 0 fully saturated rings. The molecular weight excluding hydrogens is 194 g/mol. The predicted molar refractivity (Wildman–Crippen MR) is 70.7 cm³/mol. The number of rotatable bonds is 4. The van der Waals surface area contributed by atoms with E-state index in [1.807, 2.05) is 7.05 Å². The molecule has 0 amide bonds. The van der Waals surface area contributed by atoms with Gasteiger partial charge in [0.05, 0.1) is 0 Å². The second kappa shape index (κ2) is 5.13. The molecule has 0 aliphatic heterocycles. The fourth-order valence-corrected chi connectivity index (χ4v) is 2.19. The summed E-state index contributed by atoms with van der Waals surface area (Å²) in [7, 11) is 2.04. The molecule has 0 bridgehead atoms. The predicted octanol–water partition coefficient (Wildman–Crippen LogP) is 3.90. The van der Waals surface area contributed by atoms with Crippen LogP contribution in [-0.4, -0.2) is 7.05 Å². The van der Waals surface area contributed by atoms with Gasteiger partial charge in [-0.15, -0.1) is 0 Å². The molecule has 1 N–H and O–H groups in total. The van der Waals surface area contributed by atoms with Crippen LogP contribution in [0.2, 0.25) is 0 Å². The maximum absolute atomic E-state index is 3.38. The molecule has 2 aromatic carbocycles. The van der Waals surface area contributed by atoms with E-state index in [1.54, 1.807) is 0 Å². The highest BCUT2D eigenvalue weighted by Crippen LogP contribution is 2.22. The second-order valence-corrected chi connectivity index (χ2v) is 4.24. The van der Waals surface area contributed by atoms with E-state index in [4.69, 9.17) is 0 Å². The zero-order valence-electron chi connectivity index (χ0n) is 10.0. The molecule has 0 spiro atoms. The van der Waals surface area contributed by atoms with Crippen molar-refractivity contribution in [2.75, 3.05) is 7.05 Å². The van der Waals surface area contributed by atoms with Crippen molar-refractivity contribution in [1.29, 1.82) is 0 Å². The molecule has 0 aliphatic carbocycles. The van der Waals surface area contributed by atoms with Crippen molar-refractivity contribution < 1.29 is 0 Å². The number of hydrogen-bond acceptors (Lipinski definition) is 1. The maximum Gasteiger partial charge on any atom is 0.0317 e. The van der Waals surface area contributed by atoms with Gasteiger partial charge in [-0.3, -0.25) is 0 Å².